The Morgan fingerprint density at radius 2 is 2.12 bits per heavy atom. The van der Waals surface area contributed by atoms with Crippen LogP contribution < -0.4 is 0 Å². The standard InChI is InChI=1S/C12H15N3O2/c1-13(2)7-9-8-14(3)12-6-10(15(16)17)4-5-11(9)12/h4-6,8H,7H2,1-3H3. The van der Waals surface area contributed by atoms with Gasteiger partial charge in [0.15, 0.2) is 0 Å². The first-order valence-corrected chi connectivity index (χ1v) is 5.36. The van der Waals surface area contributed by atoms with Crippen LogP contribution in [0.4, 0.5) is 5.69 Å². The Kier molecular flexibility index (Phi) is 2.85. The van der Waals surface area contributed by atoms with Crippen LogP contribution in [0.25, 0.3) is 10.9 Å². The van der Waals surface area contributed by atoms with Gasteiger partial charge in [-0.1, -0.05) is 0 Å². The van der Waals surface area contributed by atoms with Gasteiger partial charge in [0.2, 0.25) is 0 Å². The van der Waals surface area contributed by atoms with E-state index in [1.807, 2.05) is 38.0 Å². The summed E-state index contributed by atoms with van der Waals surface area (Å²) < 4.78 is 1.93. The number of nitro groups is 1. The number of nitrogens with zero attached hydrogens (tertiary/aromatic N) is 3. The number of aryl methyl sites for hydroxylation is 1. The maximum Gasteiger partial charge on any atom is 0.271 e. The van der Waals surface area contributed by atoms with E-state index in [0.29, 0.717) is 0 Å². The summed E-state index contributed by atoms with van der Waals surface area (Å²) >= 11 is 0. The van der Waals surface area contributed by atoms with Gasteiger partial charge in [0.05, 0.1) is 10.4 Å². The number of non-ortho nitro benzene ring substituents is 1. The van der Waals surface area contributed by atoms with Gasteiger partial charge in [0, 0.05) is 37.3 Å². The van der Waals surface area contributed by atoms with E-state index in [4.69, 9.17) is 0 Å². The third kappa shape index (κ3) is 2.14. The minimum Gasteiger partial charge on any atom is -0.350 e. The van der Waals surface area contributed by atoms with Crippen molar-refractivity contribution in [3.05, 3.63) is 40.1 Å². The normalized spacial score (nSPS) is 11.3. The monoisotopic (exact) mass is 233 g/mol. The molecule has 1 heterocycles. The van der Waals surface area contributed by atoms with Crippen LogP contribution in [0.15, 0.2) is 24.4 Å². The predicted octanol–water partition coefficient (Wildman–Crippen LogP) is 2.15. The molecule has 0 unspecified atom stereocenters. The molecule has 1 aromatic carbocycles. The fourth-order valence-corrected chi connectivity index (χ4v) is 2.04. The van der Waals surface area contributed by atoms with Gasteiger partial charge in [-0.05, 0) is 25.7 Å². The lowest BCUT2D eigenvalue weighted by molar-refractivity contribution is -0.384. The van der Waals surface area contributed by atoms with Gasteiger partial charge in [0.25, 0.3) is 5.69 Å². The van der Waals surface area contributed by atoms with Crippen molar-refractivity contribution < 1.29 is 4.92 Å². The Bertz CT molecular complexity index is 572. The van der Waals surface area contributed by atoms with E-state index in [1.54, 1.807) is 12.1 Å². The van der Waals surface area contributed by atoms with Crippen molar-refractivity contribution >= 4 is 16.6 Å². The topological polar surface area (TPSA) is 51.3 Å². The summed E-state index contributed by atoms with van der Waals surface area (Å²) in [5.74, 6) is 0. The SMILES string of the molecule is CN(C)Cc1cn(C)c2cc([N+](=O)[O-])ccc12. The van der Waals surface area contributed by atoms with E-state index < -0.39 is 0 Å². The summed E-state index contributed by atoms with van der Waals surface area (Å²) in [5.41, 5.74) is 2.22. The summed E-state index contributed by atoms with van der Waals surface area (Å²) in [6.45, 7) is 0.829. The van der Waals surface area contributed by atoms with Crippen LogP contribution in [0.1, 0.15) is 5.56 Å². The molecule has 0 spiro atoms. The minimum absolute atomic E-state index is 0.134. The smallest absolute Gasteiger partial charge is 0.271 e. The van der Waals surface area contributed by atoms with E-state index in [2.05, 4.69) is 4.90 Å². The number of fused-ring (bicyclic) bond motifs is 1. The lowest BCUT2D eigenvalue weighted by Gasteiger charge is -2.07. The molecule has 0 fully saturated rings. The van der Waals surface area contributed by atoms with Crippen LogP contribution in [-0.4, -0.2) is 28.5 Å². The molecule has 0 aliphatic heterocycles. The molecule has 2 aromatic rings. The first kappa shape index (κ1) is 11.6. The lowest BCUT2D eigenvalue weighted by Crippen LogP contribution is -2.10. The molecule has 0 radical (unpaired) electrons. The first-order valence-electron chi connectivity index (χ1n) is 5.36. The molecular formula is C12H15N3O2. The zero-order valence-electron chi connectivity index (χ0n) is 10.2. The summed E-state index contributed by atoms with van der Waals surface area (Å²) in [5, 5.41) is 11.8. The highest BCUT2D eigenvalue weighted by Crippen LogP contribution is 2.25. The Morgan fingerprint density at radius 3 is 2.71 bits per heavy atom. The quantitative estimate of drug-likeness (QED) is 0.603. The molecule has 0 aliphatic carbocycles. The fraction of sp³-hybridized carbons (Fsp3) is 0.333. The average molecular weight is 233 g/mol. The van der Waals surface area contributed by atoms with Crippen LogP contribution in [0.5, 0.6) is 0 Å². The van der Waals surface area contributed by atoms with Crippen LogP contribution in [0.3, 0.4) is 0 Å². The summed E-state index contributed by atoms with van der Waals surface area (Å²) in [6, 6.07) is 5.00. The van der Waals surface area contributed by atoms with Gasteiger partial charge in [0.1, 0.15) is 0 Å². The fourth-order valence-electron chi connectivity index (χ4n) is 2.04. The predicted molar refractivity (Wildman–Crippen MR) is 67.0 cm³/mol. The van der Waals surface area contributed by atoms with Crippen molar-refractivity contribution in [2.24, 2.45) is 7.05 Å². The second-order valence-electron chi connectivity index (χ2n) is 4.46. The lowest BCUT2D eigenvalue weighted by atomic mass is 10.1. The first-order chi connectivity index (χ1) is 7.99. The van der Waals surface area contributed by atoms with E-state index in [0.717, 1.165) is 17.4 Å². The molecule has 17 heavy (non-hydrogen) atoms. The molecule has 0 atom stereocenters. The summed E-state index contributed by atoms with van der Waals surface area (Å²) in [6.07, 6.45) is 2.02. The molecule has 5 nitrogen and oxygen atoms in total. The van der Waals surface area contributed by atoms with Crippen molar-refractivity contribution in [2.45, 2.75) is 6.54 Å². The van der Waals surface area contributed by atoms with E-state index in [9.17, 15) is 10.1 Å². The number of rotatable bonds is 3. The molecule has 0 bridgehead atoms. The number of nitro benzene ring substituents is 1. The number of aromatic nitrogens is 1. The Balaban J connectivity index is 2.57. The average Bonchev–Trinajstić information content (AvgIpc) is 2.54. The zero-order chi connectivity index (χ0) is 12.6. The van der Waals surface area contributed by atoms with Gasteiger partial charge >= 0.3 is 0 Å². The molecule has 90 valence electrons. The van der Waals surface area contributed by atoms with E-state index in [1.165, 1.54) is 5.56 Å². The number of benzene rings is 1. The third-order valence-corrected chi connectivity index (χ3v) is 2.75. The highest BCUT2D eigenvalue weighted by atomic mass is 16.6. The largest absolute Gasteiger partial charge is 0.350 e. The van der Waals surface area contributed by atoms with Gasteiger partial charge < -0.3 is 9.47 Å². The van der Waals surface area contributed by atoms with Crippen molar-refractivity contribution in [1.82, 2.24) is 9.47 Å². The van der Waals surface area contributed by atoms with Gasteiger partial charge in [-0.15, -0.1) is 0 Å². The second-order valence-corrected chi connectivity index (χ2v) is 4.46. The van der Waals surface area contributed by atoms with E-state index >= 15 is 0 Å². The number of hydrogen-bond donors (Lipinski definition) is 0. The number of hydrogen-bond acceptors (Lipinski definition) is 3. The van der Waals surface area contributed by atoms with Crippen LogP contribution in [0.2, 0.25) is 0 Å². The Hall–Kier alpha value is -1.88. The highest BCUT2D eigenvalue weighted by molar-refractivity contribution is 5.85. The van der Waals surface area contributed by atoms with Gasteiger partial charge in [-0.3, -0.25) is 10.1 Å². The van der Waals surface area contributed by atoms with Crippen molar-refractivity contribution in [2.75, 3.05) is 14.1 Å². The van der Waals surface area contributed by atoms with E-state index in [-0.39, 0.29) is 10.6 Å². The molecule has 2 rings (SSSR count). The molecule has 1 aromatic heterocycles. The minimum atomic E-state index is -0.363. The van der Waals surface area contributed by atoms with Crippen molar-refractivity contribution in [3.63, 3.8) is 0 Å². The Labute approximate surface area is 99.4 Å². The van der Waals surface area contributed by atoms with Crippen LogP contribution >= 0.6 is 0 Å². The molecule has 0 saturated heterocycles. The highest BCUT2D eigenvalue weighted by Gasteiger charge is 2.12. The molecular weight excluding hydrogens is 218 g/mol. The van der Waals surface area contributed by atoms with Crippen molar-refractivity contribution in [3.8, 4) is 0 Å². The second kappa shape index (κ2) is 4.18. The van der Waals surface area contributed by atoms with Crippen LogP contribution in [-0.2, 0) is 13.6 Å². The van der Waals surface area contributed by atoms with Gasteiger partial charge in [-0.2, -0.15) is 0 Å². The summed E-state index contributed by atoms with van der Waals surface area (Å²) in [4.78, 5) is 12.4. The van der Waals surface area contributed by atoms with Crippen molar-refractivity contribution in [1.29, 1.82) is 0 Å². The molecule has 0 aliphatic rings. The Morgan fingerprint density at radius 1 is 1.41 bits per heavy atom. The summed E-state index contributed by atoms with van der Waals surface area (Å²) in [7, 11) is 5.92. The van der Waals surface area contributed by atoms with Crippen LogP contribution in [0, 0.1) is 10.1 Å². The molecule has 0 N–H and O–H groups in total. The van der Waals surface area contributed by atoms with Gasteiger partial charge in [-0.25, -0.2) is 0 Å². The molecule has 0 saturated carbocycles. The molecule has 0 amide bonds. The third-order valence-electron chi connectivity index (χ3n) is 2.75. The maximum atomic E-state index is 10.7. The maximum absolute atomic E-state index is 10.7. The zero-order valence-corrected chi connectivity index (χ0v) is 10.2. The molecule has 5 heteroatoms.